The zero-order chi connectivity index (χ0) is 42.5. The number of nitrogens with two attached hydrogens (primary N) is 1. The van der Waals surface area contributed by atoms with Gasteiger partial charge in [-0.25, -0.2) is 4.21 Å². The molecule has 0 bridgehead atoms. The van der Waals surface area contributed by atoms with Gasteiger partial charge in [0.2, 0.25) is 0 Å². The van der Waals surface area contributed by atoms with Gasteiger partial charge in [0, 0.05) is 62.7 Å². The van der Waals surface area contributed by atoms with Gasteiger partial charge in [0.15, 0.2) is 0 Å². The van der Waals surface area contributed by atoms with E-state index in [1.807, 2.05) is 60.3 Å². The van der Waals surface area contributed by atoms with E-state index in [1.54, 1.807) is 12.2 Å². The van der Waals surface area contributed by atoms with Crippen LogP contribution in [0, 0.1) is 5.92 Å². The molecule has 3 heterocycles. The second kappa shape index (κ2) is 22.4. The lowest BCUT2D eigenvalue weighted by Crippen LogP contribution is -2.64. The van der Waals surface area contributed by atoms with Crippen LogP contribution in [0.1, 0.15) is 86.6 Å². The molecule has 55 heavy (non-hydrogen) atoms. The molecule has 1 aromatic carbocycles. The van der Waals surface area contributed by atoms with E-state index >= 15 is 9.00 Å². The fraction of sp³-hybridized carbons (Fsp3) is 0.650. The van der Waals surface area contributed by atoms with E-state index in [9.17, 15) is 23.4 Å². The van der Waals surface area contributed by atoms with Crippen LogP contribution in [0.25, 0.3) is 0 Å². The van der Waals surface area contributed by atoms with Crippen LogP contribution in [0.4, 0.5) is 13.2 Å². The Balaban J connectivity index is 0.00000177. The Hall–Kier alpha value is -2.59. The molecule has 0 radical (unpaired) electrons. The zero-order valence-electron chi connectivity index (χ0n) is 34.3. The van der Waals surface area contributed by atoms with Crippen molar-refractivity contribution in [2.75, 3.05) is 40.4 Å². The third kappa shape index (κ3) is 12.0. The molecule has 0 aromatic heterocycles. The lowest BCUT2D eigenvalue weighted by molar-refractivity contribution is -0.137. The molecule has 10 nitrogen and oxygen atoms in total. The fourth-order valence-corrected chi connectivity index (χ4v) is 10.1. The highest BCUT2D eigenvalue weighted by atomic mass is 35.5. The summed E-state index contributed by atoms with van der Waals surface area (Å²) in [6.07, 6.45) is -1.30. The molecule has 3 saturated heterocycles. The molecule has 1 amide bonds. The van der Waals surface area contributed by atoms with E-state index in [4.69, 9.17) is 27.2 Å². The van der Waals surface area contributed by atoms with Gasteiger partial charge in [-0.15, -0.1) is 0 Å². The average molecular weight is 824 g/mol. The molecule has 3 fully saturated rings. The average Bonchev–Trinajstić information content (AvgIpc) is 3.63. The van der Waals surface area contributed by atoms with Crippen molar-refractivity contribution in [2.24, 2.45) is 11.7 Å². The van der Waals surface area contributed by atoms with E-state index < -0.39 is 51.8 Å². The quantitative estimate of drug-likeness (QED) is 0.114. The Morgan fingerprint density at radius 1 is 1.11 bits per heavy atom. The minimum absolute atomic E-state index is 0.0290. The van der Waals surface area contributed by atoms with Crippen molar-refractivity contribution in [1.29, 1.82) is 0 Å². The number of methoxy groups -OCH3 is 1. The number of rotatable bonds is 10. The van der Waals surface area contributed by atoms with E-state index in [0.717, 1.165) is 17.0 Å². The van der Waals surface area contributed by atoms with Gasteiger partial charge < -0.3 is 25.8 Å². The standard InChI is InChI=1S/C33H44ClF3N4O5S.3C2H6.CH4O/c1-20(2)5-7-25(42)15-32(40-19-26(43)13-24(40)18-39-16-23(38)17-39)28-12-22(34)6-9-29(28)41(31(32)44)47(4,45)30-10-8-27(46-3)11-21(30)14-33(35,36)37;4*1-2/h5-8,10-11,23-24,26,28-29,42-43H,4,9,12-19,38H2,1-3H3;3*1-2H3;2H,1H3/b25-7+;;;;/t24?,26-,28?,29?,32?,47?;;;;/m1..../s1. The first kappa shape index (κ1) is 50.4. The van der Waals surface area contributed by atoms with Crippen LogP contribution in [0.5, 0.6) is 5.75 Å². The number of nitrogens with zero attached hydrogens (tertiary/aromatic N) is 3. The first-order valence-corrected chi connectivity index (χ1v) is 21.2. The van der Waals surface area contributed by atoms with Gasteiger partial charge in [-0.05, 0) is 68.8 Å². The van der Waals surface area contributed by atoms with Crippen molar-refractivity contribution in [3.05, 3.63) is 58.4 Å². The van der Waals surface area contributed by atoms with Crippen LogP contribution >= 0.6 is 11.6 Å². The van der Waals surface area contributed by atoms with Gasteiger partial charge >= 0.3 is 6.18 Å². The summed E-state index contributed by atoms with van der Waals surface area (Å²) < 4.78 is 62.8. The van der Waals surface area contributed by atoms with Crippen LogP contribution in [0.15, 0.2) is 57.7 Å². The lowest BCUT2D eigenvalue weighted by atomic mass is 9.73. The predicted octanol–water partition coefficient (Wildman–Crippen LogP) is 6.84. The number of halogens is 4. The van der Waals surface area contributed by atoms with Crippen LogP contribution < -0.4 is 10.5 Å². The fourth-order valence-electron chi connectivity index (χ4n) is 7.75. The Morgan fingerprint density at radius 3 is 2.24 bits per heavy atom. The molecule has 316 valence electrons. The molecular formula is C40H66ClF3N4O6S. The molecule has 1 aromatic rings. The smallest absolute Gasteiger partial charge is 0.393 e. The van der Waals surface area contributed by atoms with Crippen molar-refractivity contribution < 1.29 is 42.2 Å². The minimum Gasteiger partial charge on any atom is -0.512 e. The number of β-amino-alcohol motifs (C(OH)–C–C–N with tert-alkyl or cyclic N) is 1. The van der Waals surface area contributed by atoms with E-state index in [1.165, 1.54) is 31.4 Å². The second-order valence-corrected chi connectivity index (χ2v) is 16.1. The number of carbonyl (C=O) groups excluding carboxylic acids is 1. The normalized spacial score (nSPS) is 26.5. The summed E-state index contributed by atoms with van der Waals surface area (Å²) in [6, 6.07) is 2.80. The zero-order valence-corrected chi connectivity index (χ0v) is 35.9. The molecule has 3 aliphatic heterocycles. The molecule has 0 spiro atoms. The Labute approximate surface area is 333 Å². The maximum atomic E-state index is 15.3. The van der Waals surface area contributed by atoms with Crippen molar-refractivity contribution in [1.82, 2.24) is 14.1 Å². The van der Waals surface area contributed by atoms with Gasteiger partial charge in [0.05, 0.1) is 46.0 Å². The second-order valence-electron chi connectivity index (χ2n) is 13.5. The monoisotopic (exact) mass is 822 g/mol. The summed E-state index contributed by atoms with van der Waals surface area (Å²) in [4.78, 5) is 19.1. The highest BCUT2D eigenvalue weighted by molar-refractivity contribution is 7.98. The van der Waals surface area contributed by atoms with E-state index in [0.29, 0.717) is 31.1 Å². The molecule has 6 atom stereocenters. The lowest BCUT2D eigenvalue weighted by Gasteiger charge is -2.47. The number of alkyl halides is 3. The number of amides is 1. The van der Waals surface area contributed by atoms with Crippen molar-refractivity contribution in [3.63, 3.8) is 0 Å². The maximum absolute atomic E-state index is 15.3. The molecule has 5 rings (SSSR count). The summed E-state index contributed by atoms with van der Waals surface area (Å²) in [6.45, 7) is 17.6. The summed E-state index contributed by atoms with van der Waals surface area (Å²) in [5.41, 5.74) is 5.10. The van der Waals surface area contributed by atoms with Gasteiger partial charge in [0.1, 0.15) is 11.3 Å². The summed E-state index contributed by atoms with van der Waals surface area (Å²) >= 11 is 6.64. The van der Waals surface area contributed by atoms with Gasteiger partial charge in [-0.3, -0.25) is 18.9 Å². The Bertz CT molecular complexity index is 1580. The number of likely N-dealkylation sites (tertiary alicyclic amines) is 2. The summed E-state index contributed by atoms with van der Waals surface area (Å²) in [5.74, 6) is 2.75. The minimum atomic E-state index is -4.64. The molecule has 15 heteroatoms. The van der Waals surface area contributed by atoms with Crippen LogP contribution in [-0.2, 0) is 20.9 Å². The van der Waals surface area contributed by atoms with Crippen LogP contribution in [-0.4, -0.2) is 122 Å². The molecule has 4 aliphatic rings. The van der Waals surface area contributed by atoms with E-state index in [2.05, 4.69) is 10.8 Å². The van der Waals surface area contributed by atoms with Crippen LogP contribution in [0.2, 0.25) is 0 Å². The molecule has 0 saturated carbocycles. The van der Waals surface area contributed by atoms with Gasteiger partial charge in [0.25, 0.3) is 5.91 Å². The SMILES string of the molecule is C=S(=O)(c1ccc(OC)cc1CC(F)(F)F)N1C(=O)C(C/C(O)=C\C=C(C)C)(N2C[C@H](O)CC2CN2CC(N)C2)C2CC(Cl)=CCC21.CC.CC.CC.CO. The first-order valence-electron chi connectivity index (χ1n) is 19.2. The number of ether oxygens (including phenoxy) is 1. The number of benzene rings is 1. The summed E-state index contributed by atoms with van der Waals surface area (Å²) in [5, 5.41) is 29.9. The molecule has 5 unspecified atom stereocenters. The van der Waals surface area contributed by atoms with Crippen molar-refractivity contribution in [2.45, 2.75) is 128 Å². The first-order chi connectivity index (χ1) is 26.0. The topological polar surface area (TPSA) is 140 Å². The number of carbonyl (C=O) groups is 1. The molecule has 1 aliphatic carbocycles. The maximum Gasteiger partial charge on any atom is 0.393 e. The number of hydrogen-bond acceptors (Lipinski definition) is 9. The largest absolute Gasteiger partial charge is 0.512 e. The van der Waals surface area contributed by atoms with Gasteiger partial charge in [-0.1, -0.05) is 70.9 Å². The summed E-state index contributed by atoms with van der Waals surface area (Å²) in [7, 11) is -1.58. The van der Waals surface area contributed by atoms with Crippen LogP contribution in [0.3, 0.4) is 0 Å². The number of aliphatic hydroxyl groups is 3. The third-order valence-electron chi connectivity index (χ3n) is 9.68. The number of fused-ring (bicyclic) bond motifs is 1. The third-order valence-corrected chi connectivity index (χ3v) is 12.2. The predicted molar refractivity (Wildman–Crippen MR) is 219 cm³/mol. The Morgan fingerprint density at radius 2 is 1.71 bits per heavy atom. The van der Waals surface area contributed by atoms with Crippen molar-refractivity contribution in [3.8, 4) is 5.75 Å². The highest BCUT2D eigenvalue weighted by Crippen LogP contribution is 2.53. The number of allylic oxidation sites excluding steroid dienone is 4. The van der Waals surface area contributed by atoms with Crippen molar-refractivity contribution >= 4 is 33.1 Å². The molecule has 5 N–H and O–H groups in total. The highest BCUT2D eigenvalue weighted by Gasteiger charge is 2.66. The van der Waals surface area contributed by atoms with Gasteiger partial charge in [-0.2, -0.15) is 13.2 Å². The Kier molecular flexibility index (Phi) is 20.5. The number of hydrogen-bond donors (Lipinski definition) is 4. The van der Waals surface area contributed by atoms with E-state index in [-0.39, 0.29) is 59.9 Å². The molecular weight excluding hydrogens is 757 g/mol. The number of aliphatic hydroxyl groups excluding tert-OH is 3.